The van der Waals surface area contributed by atoms with E-state index < -0.39 is 0 Å². The summed E-state index contributed by atoms with van der Waals surface area (Å²) in [7, 11) is 0. The molecule has 0 saturated carbocycles. The highest BCUT2D eigenvalue weighted by atomic mass is 16.4. The number of rotatable bonds is 2. The Morgan fingerprint density at radius 3 is 3.27 bits per heavy atom. The standard InChI is InChI=1S/C7H9N3O/c8-2-1-6-5-10-4-3-9-7(10)11-6/h3-5H,1-2,8H2. The lowest BCUT2D eigenvalue weighted by Crippen LogP contribution is -2.01. The molecule has 11 heavy (non-hydrogen) atoms. The molecule has 0 amide bonds. The molecule has 2 rings (SSSR count). The van der Waals surface area contributed by atoms with Crippen molar-refractivity contribution in [3.05, 3.63) is 24.4 Å². The molecular formula is C7H9N3O. The highest BCUT2D eigenvalue weighted by Crippen LogP contribution is 2.07. The Bertz CT molecular complexity index is 321. The maximum absolute atomic E-state index is 5.36. The lowest BCUT2D eigenvalue weighted by molar-refractivity contribution is 0.537. The third kappa shape index (κ3) is 1.01. The molecule has 2 aromatic heterocycles. The summed E-state index contributed by atoms with van der Waals surface area (Å²) in [5.41, 5.74) is 5.36. The number of fused-ring (bicyclic) bond motifs is 1. The summed E-state index contributed by atoms with van der Waals surface area (Å²) in [5, 5.41) is 0. The first kappa shape index (κ1) is 6.42. The van der Waals surface area contributed by atoms with E-state index in [0.29, 0.717) is 12.4 Å². The van der Waals surface area contributed by atoms with Crippen LogP contribution >= 0.6 is 0 Å². The summed E-state index contributed by atoms with van der Waals surface area (Å²) < 4.78 is 7.16. The number of oxazole rings is 1. The van der Waals surface area contributed by atoms with Gasteiger partial charge < -0.3 is 10.2 Å². The first-order valence-corrected chi connectivity index (χ1v) is 3.51. The highest BCUT2D eigenvalue weighted by molar-refractivity contribution is 5.24. The molecule has 0 aliphatic rings. The molecule has 2 aromatic rings. The van der Waals surface area contributed by atoms with Gasteiger partial charge in [-0.25, -0.2) is 4.98 Å². The molecule has 2 N–H and O–H groups in total. The summed E-state index contributed by atoms with van der Waals surface area (Å²) in [6.07, 6.45) is 6.21. The Labute approximate surface area is 63.6 Å². The second-order valence-corrected chi connectivity index (χ2v) is 2.35. The first-order chi connectivity index (χ1) is 5.40. The zero-order chi connectivity index (χ0) is 7.68. The second kappa shape index (κ2) is 2.39. The molecule has 2 heterocycles. The van der Waals surface area contributed by atoms with Crippen LogP contribution in [-0.2, 0) is 6.42 Å². The van der Waals surface area contributed by atoms with Crippen LogP contribution in [0.5, 0.6) is 0 Å². The Kier molecular flexibility index (Phi) is 1.40. The minimum Gasteiger partial charge on any atom is -0.428 e. The van der Waals surface area contributed by atoms with Gasteiger partial charge in [-0.2, -0.15) is 0 Å². The van der Waals surface area contributed by atoms with E-state index in [9.17, 15) is 0 Å². The van der Waals surface area contributed by atoms with Crippen LogP contribution in [0.2, 0.25) is 0 Å². The van der Waals surface area contributed by atoms with Crippen LogP contribution in [0.3, 0.4) is 0 Å². The van der Waals surface area contributed by atoms with E-state index in [-0.39, 0.29) is 0 Å². The van der Waals surface area contributed by atoms with E-state index in [2.05, 4.69) is 4.98 Å². The Balaban J connectivity index is 2.42. The SMILES string of the molecule is NCCc1cn2ccnc2o1. The van der Waals surface area contributed by atoms with Gasteiger partial charge in [0.1, 0.15) is 5.76 Å². The van der Waals surface area contributed by atoms with Gasteiger partial charge in [0.05, 0.1) is 6.20 Å². The normalized spacial score (nSPS) is 11.0. The van der Waals surface area contributed by atoms with Gasteiger partial charge in [-0.05, 0) is 6.54 Å². The van der Waals surface area contributed by atoms with Crippen molar-refractivity contribution in [3.8, 4) is 0 Å². The van der Waals surface area contributed by atoms with E-state index in [1.807, 2.05) is 16.8 Å². The van der Waals surface area contributed by atoms with Gasteiger partial charge in [-0.1, -0.05) is 0 Å². The maximum atomic E-state index is 5.36. The third-order valence-corrected chi connectivity index (χ3v) is 1.53. The number of nitrogens with zero attached hydrogens (tertiary/aromatic N) is 2. The van der Waals surface area contributed by atoms with Crippen LogP contribution in [0.15, 0.2) is 23.0 Å². The fourth-order valence-corrected chi connectivity index (χ4v) is 1.03. The van der Waals surface area contributed by atoms with Crippen LogP contribution in [0, 0.1) is 0 Å². The van der Waals surface area contributed by atoms with Gasteiger partial charge in [-0.15, -0.1) is 0 Å². The monoisotopic (exact) mass is 151 g/mol. The van der Waals surface area contributed by atoms with Crippen LogP contribution < -0.4 is 5.73 Å². The van der Waals surface area contributed by atoms with Crippen LogP contribution in [-0.4, -0.2) is 15.9 Å². The van der Waals surface area contributed by atoms with Gasteiger partial charge in [0.25, 0.3) is 0 Å². The number of hydrogen-bond acceptors (Lipinski definition) is 3. The van der Waals surface area contributed by atoms with Crippen LogP contribution in [0.25, 0.3) is 5.84 Å². The summed E-state index contributed by atoms with van der Waals surface area (Å²) in [4.78, 5) is 3.98. The van der Waals surface area contributed by atoms with Crippen molar-refractivity contribution >= 4 is 5.84 Å². The fourth-order valence-electron chi connectivity index (χ4n) is 1.03. The van der Waals surface area contributed by atoms with Crippen molar-refractivity contribution in [2.45, 2.75) is 6.42 Å². The van der Waals surface area contributed by atoms with Gasteiger partial charge in [0.2, 0.25) is 0 Å². The maximum Gasteiger partial charge on any atom is 0.305 e. The summed E-state index contributed by atoms with van der Waals surface area (Å²) in [6, 6.07) is 0. The average molecular weight is 151 g/mol. The van der Waals surface area contributed by atoms with E-state index in [4.69, 9.17) is 10.2 Å². The van der Waals surface area contributed by atoms with Crippen molar-refractivity contribution < 1.29 is 4.42 Å². The highest BCUT2D eigenvalue weighted by Gasteiger charge is 2.01. The quantitative estimate of drug-likeness (QED) is 0.677. The molecule has 0 aromatic carbocycles. The van der Waals surface area contributed by atoms with Gasteiger partial charge in [-0.3, -0.25) is 4.40 Å². The molecule has 0 bridgehead atoms. The molecule has 0 fully saturated rings. The molecule has 58 valence electrons. The van der Waals surface area contributed by atoms with E-state index in [1.54, 1.807) is 6.20 Å². The topological polar surface area (TPSA) is 56.5 Å². The van der Waals surface area contributed by atoms with Crippen LogP contribution in [0.4, 0.5) is 0 Å². The van der Waals surface area contributed by atoms with E-state index in [0.717, 1.165) is 12.2 Å². The summed E-state index contributed by atoms with van der Waals surface area (Å²) >= 11 is 0. The Hall–Kier alpha value is -1.29. The van der Waals surface area contributed by atoms with Crippen molar-refractivity contribution in [1.29, 1.82) is 0 Å². The zero-order valence-corrected chi connectivity index (χ0v) is 6.03. The molecule has 0 unspecified atom stereocenters. The van der Waals surface area contributed by atoms with E-state index >= 15 is 0 Å². The van der Waals surface area contributed by atoms with Crippen molar-refractivity contribution in [3.63, 3.8) is 0 Å². The van der Waals surface area contributed by atoms with Crippen molar-refractivity contribution in [1.82, 2.24) is 9.38 Å². The fraction of sp³-hybridized carbons (Fsp3) is 0.286. The second-order valence-electron chi connectivity index (χ2n) is 2.35. The average Bonchev–Trinajstić information content (AvgIpc) is 2.46. The molecular weight excluding hydrogens is 142 g/mol. The summed E-state index contributed by atoms with van der Waals surface area (Å²) in [6.45, 7) is 0.608. The van der Waals surface area contributed by atoms with Gasteiger partial charge >= 0.3 is 5.84 Å². The molecule has 0 aliphatic heterocycles. The minimum atomic E-state index is 0.608. The molecule has 0 saturated heterocycles. The number of hydrogen-bond donors (Lipinski definition) is 1. The minimum absolute atomic E-state index is 0.608. The smallest absolute Gasteiger partial charge is 0.305 e. The number of imidazole rings is 1. The predicted octanol–water partition coefficient (Wildman–Crippen LogP) is 0.428. The predicted molar refractivity (Wildman–Crippen MR) is 40.2 cm³/mol. The lowest BCUT2D eigenvalue weighted by atomic mass is 10.4. The molecule has 0 spiro atoms. The number of nitrogens with two attached hydrogens (primary N) is 1. The molecule has 0 atom stereocenters. The largest absolute Gasteiger partial charge is 0.428 e. The molecule has 4 heteroatoms. The first-order valence-electron chi connectivity index (χ1n) is 3.51. The summed E-state index contributed by atoms with van der Waals surface area (Å²) in [5.74, 6) is 1.52. The number of aromatic nitrogens is 2. The van der Waals surface area contributed by atoms with Crippen molar-refractivity contribution in [2.75, 3.05) is 6.54 Å². The van der Waals surface area contributed by atoms with Crippen molar-refractivity contribution in [2.24, 2.45) is 5.73 Å². The Morgan fingerprint density at radius 2 is 2.55 bits per heavy atom. The molecule has 0 aliphatic carbocycles. The van der Waals surface area contributed by atoms with Gasteiger partial charge in [0.15, 0.2) is 0 Å². The Morgan fingerprint density at radius 1 is 1.64 bits per heavy atom. The lowest BCUT2D eigenvalue weighted by Gasteiger charge is -1.85. The molecule has 4 nitrogen and oxygen atoms in total. The van der Waals surface area contributed by atoms with Gasteiger partial charge in [0, 0.05) is 18.8 Å². The third-order valence-electron chi connectivity index (χ3n) is 1.53. The van der Waals surface area contributed by atoms with E-state index in [1.165, 1.54) is 0 Å². The molecule has 0 radical (unpaired) electrons. The zero-order valence-electron chi connectivity index (χ0n) is 6.03. The van der Waals surface area contributed by atoms with Crippen LogP contribution in [0.1, 0.15) is 5.76 Å².